The molecule has 0 radical (unpaired) electrons. The highest BCUT2D eigenvalue weighted by molar-refractivity contribution is 5.46. The van der Waals surface area contributed by atoms with Crippen molar-refractivity contribution in [2.75, 3.05) is 37.6 Å². The van der Waals surface area contributed by atoms with Crippen molar-refractivity contribution in [3.05, 3.63) is 95.1 Å². The van der Waals surface area contributed by atoms with E-state index < -0.39 is 0 Å². The predicted molar refractivity (Wildman–Crippen MR) is 135 cm³/mol. The number of piperazine rings is 1. The molecule has 0 aromatic heterocycles. The molecule has 1 fully saturated rings. The Labute approximate surface area is 202 Å². The average molecular weight is 465 g/mol. The smallest absolute Gasteiger partial charge is 0.125 e. The largest absolute Gasteiger partial charge is 0.486 e. The third kappa shape index (κ3) is 6.15. The van der Waals surface area contributed by atoms with E-state index in [-0.39, 0.29) is 17.7 Å². The van der Waals surface area contributed by atoms with Gasteiger partial charge in [0, 0.05) is 44.8 Å². The Morgan fingerprint density at radius 1 is 0.824 bits per heavy atom. The van der Waals surface area contributed by atoms with Crippen LogP contribution >= 0.6 is 0 Å². The third-order valence-corrected chi connectivity index (χ3v) is 6.65. The van der Waals surface area contributed by atoms with Gasteiger partial charge in [-0.1, -0.05) is 32.0 Å². The van der Waals surface area contributed by atoms with Gasteiger partial charge in [-0.05, 0) is 78.1 Å². The summed E-state index contributed by atoms with van der Waals surface area (Å²) in [6.07, 6.45) is 0.660. The van der Waals surface area contributed by atoms with E-state index >= 15 is 0 Å². The van der Waals surface area contributed by atoms with Gasteiger partial charge in [0.15, 0.2) is 0 Å². The second kappa shape index (κ2) is 11.0. The molecule has 3 nitrogen and oxygen atoms in total. The number of ether oxygens (including phenoxy) is 1. The van der Waals surface area contributed by atoms with E-state index in [1.54, 1.807) is 0 Å². The van der Waals surface area contributed by atoms with Gasteiger partial charge in [-0.15, -0.1) is 0 Å². The number of benzene rings is 3. The minimum absolute atomic E-state index is 0.153. The van der Waals surface area contributed by atoms with E-state index in [9.17, 15) is 8.78 Å². The molecule has 3 aromatic carbocycles. The first-order valence-corrected chi connectivity index (χ1v) is 12.1. The lowest BCUT2D eigenvalue weighted by atomic mass is 9.98. The van der Waals surface area contributed by atoms with Gasteiger partial charge < -0.3 is 9.64 Å². The van der Waals surface area contributed by atoms with Crippen LogP contribution in [0.4, 0.5) is 14.5 Å². The van der Waals surface area contributed by atoms with E-state index in [4.69, 9.17) is 4.74 Å². The van der Waals surface area contributed by atoms with Crippen LogP contribution in [0.15, 0.2) is 66.7 Å². The van der Waals surface area contributed by atoms with E-state index in [0.717, 1.165) is 56.1 Å². The Kier molecular flexibility index (Phi) is 7.84. The maximum atomic E-state index is 13.6. The zero-order valence-electron chi connectivity index (χ0n) is 20.3. The van der Waals surface area contributed by atoms with Crippen LogP contribution < -0.4 is 9.64 Å². The summed E-state index contributed by atoms with van der Waals surface area (Å²) < 4.78 is 33.2. The van der Waals surface area contributed by atoms with Gasteiger partial charge in [0.05, 0.1) is 0 Å². The highest BCUT2D eigenvalue weighted by Gasteiger charge is 2.21. The third-order valence-electron chi connectivity index (χ3n) is 6.65. The summed E-state index contributed by atoms with van der Waals surface area (Å²) in [5.74, 6) is 0.868. The van der Waals surface area contributed by atoms with Crippen LogP contribution in [0.25, 0.3) is 0 Å². The molecular weight excluding hydrogens is 430 g/mol. The molecule has 1 aliphatic heterocycles. The van der Waals surface area contributed by atoms with Crippen LogP contribution in [0.2, 0.25) is 0 Å². The van der Waals surface area contributed by atoms with Gasteiger partial charge in [0.1, 0.15) is 23.5 Å². The van der Waals surface area contributed by atoms with Gasteiger partial charge in [0.25, 0.3) is 0 Å². The maximum Gasteiger partial charge on any atom is 0.125 e. The monoisotopic (exact) mass is 464 g/mol. The van der Waals surface area contributed by atoms with Crippen LogP contribution in [-0.4, -0.2) is 37.6 Å². The summed E-state index contributed by atoms with van der Waals surface area (Å²) in [5, 5.41) is 0. The molecule has 4 rings (SSSR count). The standard InChI is InChI=1S/C29H34F2N2O/c1-21(2)28-13-12-27(20-22(28)3)34-29(23-4-6-24(30)7-5-23)14-15-32-16-18-33(19-17-32)26-10-8-25(31)9-11-26/h4-13,20-21,29H,14-19H2,1-3H3/t29-/m0/s1. The summed E-state index contributed by atoms with van der Waals surface area (Å²) in [6.45, 7) is 11.1. The molecule has 0 bridgehead atoms. The highest BCUT2D eigenvalue weighted by Crippen LogP contribution is 2.29. The molecule has 1 aliphatic rings. The molecular formula is C29H34F2N2O. The molecule has 0 amide bonds. The van der Waals surface area contributed by atoms with Crippen LogP contribution in [-0.2, 0) is 0 Å². The van der Waals surface area contributed by atoms with E-state index in [1.807, 2.05) is 30.3 Å². The van der Waals surface area contributed by atoms with Crippen LogP contribution in [0.3, 0.4) is 0 Å². The quantitative estimate of drug-likeness (QED) is 0.368. The minimum Gasteiger partial charge on any atom is -0.486 e. The highest BCUT2D eigenvalue weighted by atomic mass is 19.1. The van der Waals surface area contributed by atoms with Crippen LogP contribution in [0, 0.1) is 18.6 Å². The molecule has 1 heterocycles. The minimum atomic E-state index is -0.239. The van der Waals surface area contributed by atoms with Crippen molar-refractivity contribution in [3.8, 4) is 5.75 Å². The molecule has 34 heavy (non-hydrogen) atoms. The average Bonchev–Trinajstić information content (AvgIpc) is 2.83. The van der Waals surface area contributed by atoms with Crippen molar-refractivity contribution in [1.29, 1.82) is 0 Å². The first-order chi connectivity index (χ1) is 16.4. The maximum absolute atomic E-state index is 13.6. The number of nitrogens with zero attached hydrogens (tertiary/aromatic N) is 2. The lowest BCUT2D eigenvalue weighted by molar-refractivity contribution is 0.160. The molecule has 0 spiro atoms. The Bertz CT molecular complexity index is 1060. The Morgan fingerprint density at radius 2 is 1.44 bits per heavy atom. The summed E-state index contributed by atoms with van der Waals surface area (Å²) >= 11 is 0. The van der Waals surface area contributed by atoms with Crippen molar-refractivity contribution in [2.24, 2.45) is 0 Å². The number of aryl methyl sites for hydroxylation is 1. The van der Waals surface area contributed by atoms with Gasteiger partial charge in [-0.25, -0.2) is 8.78 Å². The fourth-order valence-corrected chi connectivity index (χ4v) is 4.69. The van der Waals surface area contributed by atoms with Crippen molar-refractivity contribution < 1.29 is 13.5 Å². The molecule has 1 saturated heterocycles. The van der Waals surface area contributed by atoms with Gasteiger partial charge in [-0.2, -0.15) is 0 Å². The zero-order chi connectivity index (χ0) is 24.1. The van der Waals surface area contributed by atoms with E-state index in [0.29, 0.717) is 5.92 Å². The molecule has 1 atom stereocenters. The van der Waals surface area contributed by atoms with Crippen molar-refractivity contribution in [3.63, 3.8) is 0 Å². The lowest BCUT2D eigenvalue weighted by Crippen LogP contribution is -2.46. The van der Waals surface area contributed by atoms with Gasteiger partial charge in [-0.3, -0.25) is 4.90 Å². The van der Waals surface area contributed by atoms with E-state index in [1.165, 1.54) is 35.4 Å². The number of hydrogen-bond acceptors (Lipinski definition) is 3. The molecule has 3 aromatic rings. The first-order valence-electron chi connectivity index (χ1n) is 12.1. The number of hydrogen-bond donors (Lipinski definition) is 0. The van der Waals surface area contributed by atoms with Crippen molar-refractivity contribution in [1.82, 2.24) is 4.90 Å². The SMILES string of the molecule is Cc1cc(O[C@@H](CCN2CCN(c3ccc(F)cc3)CC2)c2ccc(F)cc2)ccc1C(C)C. The normalized spacial score (nSPS) is 15.5. The summed E-state index contributed by atoms with van der Waals surface area (Å²) in [5.41, 5.74) is 4.60. The number of halogens is 2. The molecule has 0 aliphatic carbocycles. The van der Waals surface area contributed by atoms with Gasteiger partial charge >= 0.3 is 0 Å². The summed E-state index contributed by atoms with van der Waals surface area (Å²) in [6, 6.07) is 19.7. The Balaban J connectivity index is 1.40. The molecule has 5 heteroatoms. The van der Waals surface area contributed by atoms with E-state index in [2.05, 4.69) is 42.7 Å². The molecule has 0 N–H and O–H groups in total. The lowest BCUT2D eigenvalue weighted by Gasteiger charge is -2.36. The van der Waals surface area contributed by atoms with Gasteiger partial charge in [0.2, 0.25) is 0 Å². The number of anilines is 1. The fraction of sp³-hybridized carbons (Fsp3) is 0.379. The van der Waals surface area contributed by atoms with Crippen LogP contribution in [0.1, 0.15) is 49.0 Å². The Hall–Kier alpha value is -2.92. The predicted octanol–water partition coefficient (Wildman–Crippen LogP) is 6.73. The number of rotatable bonds is 8. The second-order valence-corrected chi connectivity index (χ2v) is 9.42. The molecule has 180 valence electrons. The molecule has 0 unspecified atom stereocenters. The topological polar surface area (TPSA) is 15.7 Å². The Morgan fingerprint density at radius 3 is 2.03 bits per heavy atom. The van der Waals surface area contributed by atoms with Crippen LogP contribution in [0.5, 0.6) is 5.75 Å². The fourth-order valence-electron chi connectivity index (χ4n) is 4.69. The first kappa shape index (κ1) is 24.2. The van der Waals surface area contributed by atoms with Crippen molar-refractivity contribution >= 4 is 5.69 Å². The zero-order valence-corrected chi connectivity index (χ0v) is 20.3. The molecule has 0 saturated carbocycles. The summed E-state index contributed by atoms with van der Waals surface area (Å²) in [7, 11) is 0. The second-order valence-electron chi connectivity index (χ2n) is 9.42. The summed E-state index contributed by atoms with van der Waals surface area (Å²) in [4.78, 5) is 4.73. The van der Waals surface area contributed by atoms with Crippen molar-refractivity contribution in [2.45, 2.75) is 39.2 Å².